The third kappa shape index (κ3) is 6.21. The molecule has 2 aromatic rings. The molecule has 0 fully saturated rings. The molecule has 0 atom stereocenters. The first-order valence-corrected chi connectivity index (χ1v) is 9.17. The van der Waals surface area contributed by atoms with E-state index in [0.717, 1.165) is 5.56 Å². The van der Waals surface area contributed by atoms with Gasteiger partial charge in [-0.15, -0.1) is 0 Å². The molecule has 0 bridgehead atoms. The second kappa shape index (κ2) is 10.2. The average Bonchev–Trinajstić information content (AvgIpc) is 2.70. The number of amides is 2. The van der Waals surface area contributed by atoms with E-state index in [1.165, 1.54) is 0 Å². The van der Waals surface area contributed by atoms with Gasteiger partial charge in [0, 0.05) is 11.1 Å². The normalized spacial score (nSPS) is 10.1. The van der Waals surface area contributed by atoms with Gasteiger partial charge in [-0.2, -0.15) is 0 Å². The summed E-state index contributed by atoms with van der Waals surface area (Å²) in [5, 5.41) is 2.52. The Morgan fingerprint density at radius 1 is 1.00 bits per heavy atom. The maximum atomic E-state index is 12.2. The third-order valence-corrected chi connectivity index (χ3v) is 4.04. The van der Waals surface area contributed by atoms with Gasteiger partial charge in [-0.25, -0.2) is 0 Å². The zero-order chi connectivity index (χ0) is 20.5. The lowest BCUT2D eigenvalue weighted by Crippen LogP contribution is -2.48. The van der Waals surface area contributed by atoms with Crippen molar-refractivity contribution in [2.45, 2.75) is 19.8 Å². The molecule has 0 aromatic heterocycles. The van der Waals surface area contributed by atoms with Crippen molar-refractivity contribution in [1.29, 1.82) is 0 Å². The van der Waals surface area contributed by atoms with Crippen molar-refractivity contribution in [1.82, 2.24) is 16.2 Å². The van der Waals surface area contributed by atoms with Crippen LogP contribution in [0.1, 0.15) is 46.0 Å². The predicted octanol–water partition coefficient (Wildman–Crippen LogP) is 3.32. The molecule has 0 saturated carbocycles. The Bertz CT molecular complexity index is 846. The molecule has 2 aromatic carbocycles. The van der Waals surface area contributed by atoms with Gasteiger partial charge in [0.1, 0.15) is 12.4 Å². The average molecular weight is 398 g/mol. The Morgan fingerprint density at radius 3 is 2.14 bits per heavy atom. The molecule has 0 aliphatic carbocycles. The van der Waals surface area contributed by atoms with Crippen LogP contribution in [0.3, 0.4) is 0 Å². The molecule has 28 heavy (non-hydrogen) atoms. The van der Waals surface area contributed by atoms with Gasteiger partial charge >= 0.3 is 0 Å². The number of thiocarbonyl (C=S) groups is 1. The monoisotopic (exact) mass is 397 g/mol. The Kier molecular flexibility index (Phi) is 7.71. The van der Waals surface area contributed by atoms with Gasteiger partial charge in [-0.3, -0.25) is 25.8 Å². The molecular weight excluding hydrogens is 374 g/mol. The maximum absolute atomic E-state index is 12.2. The highest BCUT2D eigenvalue weighted by Crippen LogP contribution is 2.14. The first kappa shape index (κ1) is 21.1. The molecule has 0 spiro atoms. The zero-order valence-corrected chi connectivity index (χ0v) is 16.6. The first-order valence-electron chi connectivity index (χ1n) is 8.76. The van der Waals surface area contributed by atoms with Crippen molar-refractivity contribution < 1.29 is 14.3 Å². The van der Waals surface area contributed by atoms with Gasteiger partial charge in [0.2, 0.25) is 0 Å². The number of carbonyl (C=O) groups is 2. The number of ether oxygens (including phenoxy) is 1. The van der Waals surface area contributed by atoms with Crippen molar-refractivity contribution in [3.05, 3.63) is 77.9 Å². The maximum Gasteiger partial charge on any atom is 0.269 e. The predicted molar refractivity (Wildman–Crippen MR) is 113 cm³/mol. The van der Waals surface area contributed by atoms with Crippen LogP contribution < -0.4 is 20.9 Å². The van der Waals surface area contributed by atoms with E-state index in [4.69, 9.17) is 17.0 Å². The Balaban J connectivity index is 1.83. The molecule has 146 valence electrons. The van der Waals surface area contributed by atoms with Gasteiger partial charge in [0.25, 0.3) is 11.8 Å². The van der Waals surface area contributed by atoms with Crippen molar-refractivity contribution in [2.75, 3.05) is 6.61 Å². The smallest absolute Gasteiger partial charge is 0.269 e. The van der Waals surface area contributed by atoms with E-state index >= 15 is 0 Å². The van der Waals surface area contributed by atoms with Gasteiger partial charge in [-0.1, -0.05) is 38.6 Å². The van der Waals surface area contributed by atoms with Crippen LogP contribution in [-0.2, 0) is 0 Å². The van der Waals surface area contributed by atoms with Crippen molar-refractivity contribution in [3.8, 4) is 5.75 Å². The van der Waals surface area contributed by atoms with Crippen LogP contribution in [-0.4, -0.2) is 23.5 Å². The number of carbonyl (C=O) groups excluding carboxylic acids is 2. The fraction of sp³-hybridized carbons (Fsp3) is 0.190. The minimum absolute atomic E-state index is 0.00257. The molecule has 2 rings (SSSR count). The van der Waals surface area contributed by atoms with E-state index in [-0.39, 0.29) is 11.0 Å². The van der Waals surface area contributed by atoms with E-state index in [1.54, 1.807) is 42.5 Å². The second-order valence-corrected chi connectivity index (χ2v) is 6.67. The van der Waals surface area contributed by atoms with Crippen LogP contribution in [0.15, 0.2) is 61.2 Å². The summed E-state index contributed by atoms with van der Waals surface area (Å²) in [7, 11) is 0. The molecular formula is C21H23N3O3S. The van der Waals surface area contributed by atoms with E-state index in [9.17, 15) is 9.59 Å². The second-order valence-electron chi connectivity index (χ2n) is 6.26. The van der Waals surface area contributed by atoms with Crippen molar-refractivity contribution >= 4 is 29.1 Å². The number of hydrazine groups is 1. The minimum atomic E-state index is -0.395. The highest BCUT2D eigenvalue weighted by atomic mass is 32.1. The molecule has 2 amide bonds. The van der Waals surface area contributed by atoms with Gasteiger partial charge < -0.3 is 4.74 Å². The van der Waals surface area contributed by atoms with Crippen LogP contribution in [0.25, 0.3) is 0 Å². The summed E-state index contributed by atoms with van der Waals surface area (Å²) in [5.41, 5.74) is 7.00. The van der Waals surface area contributed by atoms with Crippen LogP contribution in [0, 0.1) is 0 Å². The quantitative estimate of drug-likeness (QED) is 0.396. The summed E-state index contributed by atoms with van der Waals surface area (Å²) in [6.07, 6.45) is 1.64. The number of rotatable bonds is 6. The fourth-order valence-electron chi connectivity index (χ4n) is 2.27. The summed E-state index contributed by atoms with van der Waals surface area (Å²) in [6.45, 7) is 8.13. The van der Waals surface area contributed by atoms with E-state index in [1.807, 2.05) is 12.1 Å². The molecule has 6 nitrogen and oxygen atoms in total. The summed E-state index contributed by atoms with van der Waals surface area (Å²) in [4.78, 5) is 24.3. The summed E-state index contributed by atoms with van der Waals surface area (Å²) in [5.74, 6) is 0.271. The standard InChI is InChI=1S/C21H23N3O3S/c1-4-13-27-18-11-9-17(10-12-18)20(26)23-24-21(28)22-19(25)16-7-5-15(6-8-16)14(2)3/h4-12,14H,1,13H2,2-3H3,(H,23,26)(H2,22,24,25,28). The minimum Gasteiger partial charge on any atom is -0.490 e. The molecule has 0 radical (unpaired) electrons. The lowest BCUT2D eigenvalue weighted by Gasteiger charge is -2.12. The van der Waals surface area contributed by atoms with Crippen LogP contribution in [0.4, 0.5) is 0 Å². The highest BCUT2D eigenvalue weighted by molar-refractivity contribution is 7.80. The largest absolute Gasteiger partial charge is 0.490 e. The Morgan fingerprint density at radius 2 is 1.57 bits per heavy atom. The highest BCUT2D eigenvalue weighted by Gasteiger charge is 2.10. The van der Waals surface area contributed by atoms with Crippen LogP contribution in [0.2, 0.25) is 0 Å². The van der Waals surface area contributed by atoms with Crippen LogP contribution >= 0.6 is 12.2 Å². The van der Waals surface area contributed by atoms with Crippen LogP contribution in [0.5, 0.6) is 5.75 Å². The summed E-state index contributed by atoms with van der Waals surface area (Å²) >= 11 is 5.05. The Hall–Kier alpha value is -3.19. The Labute approximate surface area is 169 Å². The van der Waals surface area contributed by atoms with Crippen molar-refractivity contribution in [2.24, 2.45) is 0 Å². The van der Waals surface area contributed by atoms with E-state index in [0.29, 0.717) is 29.4 Å². The summed E-state index contributed by atoms with van der Waals surface area (Å²) < 4.78 is 5.36. The van der Waals surface area contributed by atoms with Crippen molar-refractivity contribution in [3.63, 3.8) is 0 Å². The zero-order valence-electron chi connectivity index (χ0n) is 15.8. The molecule has 0 heterocycles. The molecule has 0 aliphatic heterocycles. The lowest BCUT2D eigenvalue weighted by atomic mass is 10.0. The summed E-state index contributed by atoms with van der Waals surface area (Å²) in [6, 6.07) is 13.9. The third-order valence-electron chi connectivity index (χ3n) is 3.84. The first-order chi connectivity index (χ1) is 13.4. The fourth-order valence-corrected chi connectivity index (χ4v) is 2.41. The SMILES string of the molecule is C=CCOc1ccc(C(=O)NNC(=S)NC(=O)c2ccc(C(C)C)cc2)cc1. The molecule has 0 aliphatic rings. The molecule has 0 saturated heterocycles. The van der Waals surface area contributed by atoms with E-state index < -0.39 is 5.91 Å². The van der Waals surface area contributed by atoms with Gasteiger partial charge in [-0.05, 0) is 60.1 Å². The molecule has 0 unspecified atom stereocenters. The number of hydrogen-bond donors (Lipinski definition) is 3. The lowest BCUT2D eigenvalue weighted by molar-refractivity contribution is 0.0934. The number of hydrogen-bond acceptors (Lipinski definition) is 4. The molecule has 7 heteroatoms. The molecule has 3 N–H and O–H groups in total. The number of benzene rings is 2. The van der Waals surface area contributed by atoms with Gasteiger partial charge in [0.15, 0.2) is 5.11 Å². The van der Waals surface area contributed by atoms with E-state index in [2.05, 4.69) is 36.6 Å². The topological polar surface area (TPSA) is 79.5 Å². The number of nitrogens with one attached hydrogen (secondary N) is 3. The van der Waals surface area contributed by atoms with Gasteiger partial charge in [0.05, 0.1) is 0 Å².